The minimum Gasteiger partial charge on any atom is -0.399 e. The molecule has 1 aromatic carbocycles. The smallest absolute Gasteiger partial charge is 0.320 e. The van der Waals surface area contributed by atoms with Crippen molar-refractivity contribution in [1.29, 1.82) is 0 Å². The Kier molecular flexibility index (Phi) is 4.66. The van der Waals surface area contributed by atoms with Crippen LogP contribution in [0.2, 0.25) is 0 Å². The maximum atomic E-state index is 12.4. The molecule has 0 aliphatic carbocycles. The lowest BCUT2D eigenvalue weighted by molar-refractivity contribution is 0.143. The molecule has 104 valence electrons. The normalized spacial score (nSPS) is 15.3. The molecule has 4 heteroatoms. The fourth-order valence-electron chi connectivity index (χ4n) is 2.44. The van der Waals surface area contributed by atoms with Gasteiger partial charge in [-0.1, -0.05) is 12.1 Å². The van der Waals surface area contributed by atoms with E-state index in [9.17, 15) is 4.79 Å². The molecule has 0 atom stereocenters. The number of likely N-dealkylation sites (tertiary alicyclic amines) is 1. The Balaban J connectivity index is 1.98. The summed E-state index contributed by atoms with van der Waals surface area (Å²) in [5.41, 5.74) is 7.56. The average molecular weight is 261 g/mol. The summed E-state index contributed by atoms with van der Waals surface area (Å²) >= 11 is 0. The van der Waals surface area contributed by atoms with Crippen LogP contribution in [-0.2, 0) is 6.54 Å². The van der Waals surface area contributed by atoms with Crippen molar-refractivity contribution in [3.05, 3.63) is 29.8 Å². The molecule has 1 aromatic rings. The molecule has 2 rings (SSSR count). The Labute approximate surface area is 115 Å². The number of piperidine rings is 1. The summed E-state index contributed by atoms with van der Waals surface area (Å²) in [7, 11) is 0. The van der Waals surface area contributed by atoms with Crippen molar-refractivity contribution in [1.82, 2.24) is 9.80 Å². The Morgan fingerprint density at radius 2 is 1.84 bits per heavy atom. The van der Waals surface area contributed by atoms with Gasteiger partial charge in [-0.25, -0.2) is 4.79 Å². The van der Waals surface area contributed by atoms with Gasteiger partial charge in [-0.2, -0.15) is 0 Å². The number of nitrogens with zero attached hydrogens (tertiary/aromatic N) is 2. The van der Waals surface area contributed by atoms with Crippen LogP contribution in [0.3, 0.4) is 0 Å². The Hall–Kier alpha value is -1.71. The zero-order valence-corrected chi connectivity index (χ0v) is 11.6. The molecule has 0 unspecified atom stereocenters. The van der Waals surface area contributed by atoms with Crippen LogP contribution in [0.25, 0.3) is 0 Å². The number of anilines is 1. The Bertz CT molecular complexity index is 410. The first kappa shape index (κ1) is 13.7. The third kappa shape index (κ3) is 3.63. The van der Waals surface area contributed by atoms with E-state index in [1.54, 1.807) is 0 Å². The molecular weight excluding hydrogens is 238 g/mol. The summed E-state index contributed by atoms with van der Waals surface area (Å²) in [6.45, 7) is 5.22. The second kappa shape index (κ2) is 6.45. The number of amides is 2. The Morgan fingerprint density at radius 1 is 1.21 bits per heavy atom. The van der Waals surface area contributed by atoms with Crippen LogP contribution >= 0.6 is 0 Å². The molecule has 0 aromatic heterocycles. The highest BCUT2D eigenvalue weighted by molar-refractivity contribution is 5.74. The van der Waals surface area contributed by atoms with Crippen molar-refractivity contribution in [3.8, 4) is 0 Å². The fraction of sp³-hybridized carbons (Fsp3) is 0.533. The number of benzene rings is 1. The predicted octanol–water partition coefficient (Wildman–Crippen LogP) is 2.70. The maximum absolute atomic E-state index is 12.4. The number of rotatable bonds is 3. The van der Waals surface area contributed by atoms with Gasteiger partial charge in [0.25, 0.3) is 0 Å². The summed E-state index contributed by atoms with van der Waals surface area (Å²) in [5, 5.41) is 0. The molecule has 1 saturated heterocycles. The van der Waals surface area contributed by atoms with Gasteiger partial charge in [0.05, 0.1) is 0 Å². The van der Waals surface area contributed by atoms with Gasteiger partial charge in [-0.15, -0.1) is 0 Å². The topological polar surface area (TPSA) is 49.6 Å². The highest BCUT2D eigenvalue weighted by Crippen LogP contribution is 2.14. The van der Waals surface area contributed by atoms with Gasteiger partial charge < -0.3 is 15.5 Å². The molecule has 2 N–H and O–H groups in total. The number of carbonyl (C=O) groups is 1. The van der Waals surface area contributed by atoms with Gasteiger partial charge in [-0.05, 0) is 43.9 Å². The van der Waals surface area contributed by atoms with E-state index in [2.05, 4.69) is 0 Å². The van der Waals surface area contributed by atoms with Crippen molar-refractivity contribution in [2.24, 2.45) is 0 Å². The van der Waals surface area contributed by atoms with Crippen LogP contribution in [0, 0.1) is 0 Å². The van der Waals surface area contributed by atoms with Gasteiger partial charge in [0, 0.05) is 31.9 Å². The van der Waals surface area contributed by atoms with Crippen molar-refractivity contribution in [2.75, 3.05) is 25.4 Å². The number of hydrogen-bond donors (Lipinski definition) is 1. The number of carbonyl (C=O) groups excluding carboxylic acids is 1. The quantitative estimate of drug-likeness (QED) is 0.850. The van der Waals surface area contributed by atoms with E-state index in [-0.39, 0.29) is 6.03 Å². The minimum atomic E-state index is 0.166. The second-order valence-corrected chi connectivity index (χ2v) is 5.09. The zero-order valence-electron chi connectivity index (χ0n) is 11.6. The summed E-state index contributed by atoms with van der Waals surface area (Å²) < 4.78 is 0. The number of urea groups is 1. The Morgan fingerprint density at radius 3 is 2.42 bits per heavy atom. The van der Waals surface area contributed by atoms with Crippen LogP contribution in [0.4, 0.5) is 10.5 Å². The molecule has 0 spiro atoms. The van der Waals surface area contributed by atoms with Crippen LogP contribution in [0.15, 0.2) is 24.3 Å². The molecule has 1 fully saturated rings. The van der Waals surface area contributed by atoms with Gasteiger partial charge in [0.1, 0.15) is 0 Å². The number of hydrogen-bond acceptors (Lipinski definition) is 2. The van der Waals surface area contributed by atoms with Crippen molar-refractivity contribution in [3.63, 3.8) is 0 Å². The van der Waals surface area contributed by atoms with Gasteiger partial charge in [0.2, 0.25) is 0 Å². The van der Waals surface area contributed by atoms with Crippen molar-refractivity contribution in [2.45, 2.75) is 32.7 Å². The van der Waals surface area contributed by atoms with Gasteiger partial charge in [0.15, 0.2) is 0 Å². The monoisotopic (exact) mass is 261 g/mol. The first-order valence-corrected chi connectivity index (χ1v) is 7.09. The first-order valence-electron chi connectivity index (χ1n) is 7.09. The standard InChI is InChI=1S/C15H23N3O/c1-2-17(12-13-6-8-14(16)9-7-13)15(19)18-10-4-3-5-11-18/h6-9H,2-5,10-12,16H2,1H3. The molecule has 0 radical (unpaired) electrons. The van der Waals surface area contributed by atoms with Gasteiger partial charge >= 0.3 is 6.03 Å². The molecule has 0 bridgehead atoms. The minimum absolute atomic E-state index is 0.166. The highest BCUT2D eigenvalue weighted by atomic mass is 16.2. The third-order valence-corrected chi connectivity index (χ3v) is 3.63. The van der Waals surface area contributed by atoms with E-state index < -0.39 is 0 Å². The number of nitrogens with two attached hydrogens (primary N) is 1. The molecule has 19 heavy (non-hydrogen) atoms. The molecule has 1 aliphatic heterocycles. The van der Waals surface area contributed by atoms with Crippen LogP contribution in [-0.4, -0.2) is 35.5 Å². The molecule has 1 heterocycles. The third-order valence-electron chi connectivity index (χ3n) is 3.63. The van der Waals surface area contributed by atoms with E-state index in [0.29, 0.717) is 6.54 Å². The van der Waals surface area contributed by atoms with E-state index in [0.717, 1.165) is 43.7 Å². The van der Waals surface area contributed by atoms with Crippen LogP contribution < -0.4 is 5.73 Å². The molecule has 4 nitrogen and oxygen atoms in total. The van der Waals surface area contributed by atoms with Crippen molar-refractivity contribution < 1.29 is 4.79 Å². The average Bonchev–Trinajstić information content (AvgIpc) is 2.47. The molecule has 1 aliphatic rings. The predicted molar refractivity (Wildman–Crippen MR) is 77.8 cm³/mol. The van der Waals surface area contributed by atoms with E-state index in [1.807, 2.05) is 41.0 Å². The summed E-state index contributed by atoms with van der Waals surface area (Å²) in [4.78, 5) is 16.3. The van der Waals surface area contributed by atoms with Crippen LogP contribution in [0.5, 0.6) is 0 Å². The van der Waals surface area contributed by atoms with E-state index >= 15 is 0 Å². The first-order chi connectivity index (χ1) is 9.20. The lowest BCUT2D eigenvalue weighted by Gasteiger charge is -2.32. The van der Waals surface area contributed by atoms with Crippen molar-refractivity contribution >= 4 is 11.7 Å². The zero-order chi connectivity index (χ0) is 13.7. The SMILES string of the molecule is CCN(Cc1ccc(N)cc1)C(=O)N1CCCCC1. The number of nitrogen functional groups attached to an aromatic ring is 1. The summed E-state index contributed by atoms with van der Waals surface area (Å²) in [6, 6.07) is 7.91. The lowest BCUT2D eigenvalue weighted by Crippen LogP contribution is -2.45. The molecule has 2 amide bonds. The van der Waals surface area contributed by atoms with E-state index in [4.69, 9.17) is 5.73 Å². The summed E-state index contributed by atoms with van der Waals surface area (Å²) in [6.07, 6.45) is 3.50. The molecule has 0 saturated carbocycles. The van der Waals surface area contributed by atoms with Gasteiger partial charge in [-0.3, -0.25) is 0 Å². The second-order valence-electron chi connectivity index (χ2n) is 5.09. The largest absolute Gasteiger partial charge is 0.399 e. The molecular formula is C15H23N3O. The van der Waals surface area contributed by atoms with Crippen LogP contribution in [0.1, 0.15) is 31.7 Å². The maximum Gasteiger partial charge on any atom is 0.320 e. The highest BCUT2D eigenvalue weighted by Gasteiger charge is 2.21. The lowest BCUT2D eigenvalue weighted by atomic mass is 10.1. The van der Waals surface area contributed by atoms with E-state index in [1.165, 1.54) is 6.42 Å². The summed E-state index contributed by atoms with van der Waals surface area (Å²) in [5.74, 6) is 0. The fourth-order valence-corrected chi connectivity index (χ4v) is 2.44.